The molecule has 5 heteroatoms. The summed E-state index contributed by atoms with van der Waals surface area (Å²) in [6.45, 7) is 3.84. The van der Waals surface area contributed by atoms with Gasteiger partial charge >= 0.3 is 0 Å². The summed E-state index contributed by atoms with van der Waals surface area (Å²) in [7, 11) is 0. The fourth-order valence-corrected chi connectivity index (χ4v) is 4.54. The van der Waals surface area contributed by atoms with Crippen LogP contribution in [0.5, 0.6) is 5.75 Å². The number of anilines is 1. The molecule has 2 heterocycles. The maximum atomic E-state index is 13.5. The molecule has 5 rings (SSSR count). The number of fused-ring (bicyclic) bond motifs is 1. The van der Waals surface area contributed by atoms with E-state index in [1.54, 1.807) is 6.07 Å². The molecule has 1 fully saturated rings. The van der Waals surface area contributed by atoms with E-state index in [9.17, 15) is 9.90 Å². The number of benzene rings is 3. The molecule has 1 aromatic heterocycles. The van der Waals surface area contributed by atoms with Crippen LogP contribution in [-0.4, -0.2) is 48.6 Å². The SMILES string of the molecule is O=C(C[NH+]1CCN(c2ccccc2O)CC1)c1c(-c2ccccc2)[nH]c2ccccc12. The number of nitrogens with zero attached hydrogens (tertiary/aromatic N) is 1. The Kier molecular flexibility index (Phi) is 5.18. The van der Waals surface area contributed by atoms with Crippen LogP contribution in [0.25, 0.3) is 22.2 Å². The van der Waals surface area contributed by atoms with Crippen LogP contribution in [0.4, 0.5) is 5.69 Å². The van der Waals surface area contributed by atoms with Crippen LogP contribution >= 0.6 is 0 Å². The average Bonchev–Trinajstić information content (AvgIpc) is 3.20. The molecule has 0 unspecified atom stereocenters. The molecule has 5 nitrogen and oxygen atoms in total. The molecular weight excluding hydrogens is 386 g/mol. The Bertz CT molecular complexity index is 1210. The Morgan fingerprint density at radius 3 is 2.35 bits per heavy atom. The van der Waals surface area contributed by atoms with Gasteiger partial charge in [0.15, 0.2) is 0 Å². The Hall–Kier alpha value is -3.57. The van der Waals surface area contributed by atoms with Crippen molar-refractivity contribution in [3.8, 4) is 17.0 Å². The number of hydrogen-bond donors (Lipinski definition) is 3. The van der Waals surface area contributed by atoms with Crippen molar-refractivity contribution in [2.45, 2.75) is 0 Å². The number of aromatic nitrogens is 1. The van der Waals surface area contributed by atoms with Gasteiger partial charge in [-0.3, -0.25) is 4.79 Å². The van der Waals surface area contributed by atoms with Gasteiger partial charge in [-0.15, -0.1) is 0 Å². The average molecular weight is 413 g/mol. The second-order valence-electron chi connectivity index (χ2n) is 8.11. The lowest BCUT2D eigenvalue weighted by Gasteiger charge is -2.33. The number of H-pyrrole nitrogens is 1. The third-order valence-electron chi connectivity index (χ3n) is 6.15. The Balaban J connectivity index is 1.36. The molecule has 1 aliphatic heterocycles. The molecule has 1 aliphatic rings. The summed E-state index contributed by atoms with van der Waals surface area (Å²) < 4.78 is 0. The molecule has 0 bridgehead atoms. The van der Waals surface area contributed by atoms with Crippen LogP contribution in [0.15, 0.2) is 78.9 Å². The number of aromatic amines is 1. The standard InChI is InChI=1S/C26H25N3O2/c30-23-13-7-6-12-22(23)29-16-14-28(15-17-29)18-24(31)25-20-10-4-5-11-21(20)27-26(25)19-8-2-1-3-9-19/h1-13,27,30H,14-18H2/p+1. The molecule has 0 spiro atoms. The number of phenols is 1. The summed E-state index contributed by atoms with van der Waals surface area (Å²) in [6, 6.07) is 25.5. The van der Waals surface area contributed by atoms with E-state index in [4.69, 9.17) is 0 Å². The number of quaternary nitrogens is 1. The highest BCUT2D eigenvalue weighted by molar-refractivity contribution is 6.13. The zero-order valence-corrected chi connectivity index (χ0v) is 17.3. The zero-order chi connectivity index (χ0) is 21.2. The molecule has 4 aromatic rings. The summed E-state index contributed by atoms with van der Waals surface area (Å²) in [5.41, 5.74) is 4.58. The van der Waals surface area contributed by atoms with E-state index >= 15 is 0 Å². The molecule has 1 saturated heterocycles. The number of nitrogens with one attached hydrogen (secondary N) is 2. The van der Waals surface area contributed by atoms with Gasteiger partial charge in [0.1, 0.15) is 12.3 Å². The van der Waals surface area contributed by atoms with Crippen LogP contribution in [0.2, 0.25) is 0 Å². The lowest BCUT2D eigenvalue weighted by atomic mass is 10.0. The predicted octanol–water partition coefficient (Wildman–Crippen LogP) is 3.13. The second kappa shape index (κ2) is 8.28. The molecule has 0 amide bonds. The summed E-state index contributed by atoms with van der Waals surface area (Å²) in [4.78, 5) is 20.4. The molecule has 156 valence electrons. The molecule has 3 N–H and O–H groups in total. The molecule has 31 heavy (non-hydrogen) atoms. The van der Waals surface area contributed by atoms with Crippen molar-refractivity contribution < 1.29 is 14.8 Å². The van der Waals surface area contributed by atoms with Gasteiger partial charge in [0.2, 0.25) is 5.78 Å². The van der Waals surface area contributed by atoms with Gasteiger partial charge in [0.25, 0.3) is 0 Å². The van der Waals surface area contributed by atoms with Crippen molar-refractivity contribution in [2.75, 3.05) is 37.6 Å². The lowest BCUT2D eigenvalue weighted by molar-refractivity contribution is -0.892. The highest BCUT2D eigenvalue weighted by atomic mass is 16.3. The van der Waals surface area contributed by atoms with E-state index in [0.717, 1.165) is 59.6 Å². The summed E-state index contributed by atoms with van der Waals surface area (Å²) in [5, 5.41) is 11.1. The van der Waals surface area contributed by atoms with Gasteiger partial charge in [-0.2, -0.15) is 0 Å². The molecule has 0 atom stereocenters. The maximum Gasteiger partial charge on any atom is 0.219 e. The van der Waals surface area contributed by atoms with E-state index in [0.29, 0.717) is 12.3 Å². The number of rotatable bonds is 5. The third-order valence-corrected chi connectivity index (χ3v) is 6.15. The van der Waals surface area contributed by atoms with Crippen LogP contribution in [0.1, 0.15) is 10.4 Å². The number of phenolic OH excluding ortho intramolecular Hbond substituents is 1. The van der Waals surface area contributed by atoms with Gasteiger partial charge < -0.3 is 19.9 Å². The number of Topliss-reactive ketones (excluding diaryl/α,β-unsaturated/α-hetero) is 1. The van der Waals surface area contributed by atoms with E-state index in [1.165, 1.54) is 4.90 Å². The van der Waals surface area contributed by atoms with Gasteiger partial charge in [0.05, 0.1) is 43.1 Å². The number of para-hydroxylation sites is 3. The number of carbonyl (C=O) groups excluding carboxylic acids is 1. The Morgan fingerprint density at radius 2 is 1.58 bits per heavy atom. The first-order valence-corrected chi connectivity index (χ1v) is 10.8. The Labute approximate surface area is 181 Å². The quantitative estimate of drug-likeness (QED) is 0.442. The normalized spacial score (nSPS) is 14.8. The van der Waals surface area contributed by atoms with Crippen LogP contribution in [0, 0.1) is 0 Å². The first-order valence-electron chi connectivity index (χ1n) is 10.8. The van der Waals surface area contributed by atoms with Crippen molar-refractivity contribution in [1.29, 1.82) is 0 Å². The maximum absolute atomic E-state index is 13.5. The predicted molar refractivity (Wildman–Crippen MR) is 124 cm³/mol. The smallest absolute Gasteiger partial charge is 0.219 e. The van der Waals surface area contributed by atoms with Crippen LogP contribution < -0.4 is 9.80 Å². The van der Waals surface area contributed by atoms with Crippen molar-refractivity contribution in [3.63, 3.8) is 0 Å². The van der Waals surface area contributed by atoms with E-state index in [1.807, 2.05) is 72.8 Å². The molecule has 3 aromatic carbocycles. The first kappa shape index (κ1) is 19.4. The Morgan fingerprint density at radius 1 is 0.903 bits per heavy atom. The van der Waals surface area contributed by atoms with Crippen LogP contribution in [0.3, 0.4) is 0 Å². The van der Waals surface area contributed by atoms with Gasteiger partial charge in [-0.25, -0.2) is 0 Å². The minimum atomic E-state index is 0.169. The van der Waals surface area contributed by atoms with Crippen LogP contribution in [-0.2, 0) is 0 Å². The molecule has 0 saturated carbocycles. The summed E-state index contributed by atoms with van der Waals surface area (Å²) in [6.07, 6.45) is 0. The zero-order valence-electron chi connectivity index (χ0n) is 17.3. The molecular formula is C26H26N3O2+. The highest BCUT2D eigenvalue weighted by Crippen LogP contribution is 2.30. The number of piperazine rings is 1. The topological polar surface area (TPSA) is 60.8 Å². The molecule has 0 aliphatic carbocycles. The second-order valence-corrected chi connectivity index (χ2v) is 8.11. The van der Waals surface area contributed by atoms with Crippen molar-refractivity contribution >= 4 is 22.4 Å². The first-order chi connectivity index (χ1) is 15.2. The molecule has 0 radical (unpaired) electrons. The number of hydrogen-bond acceptors (Lipinski definition) is 3. The fraction of sp³-hybridized carbons (Fsp3) is 0.192. The third kappa shape index (κ3) is 3.80. The number of ketones is 1. The van der Waals surface area contributed by atoms with Crippen molar-refractivity contribution in [1.82, 2.24) is 4.98 Å². The highest BCUT2D eigenvalue weighted by Gasteiger charge is 2.27. The number of carbonyl (C=O) groups is 1. The van der Waals surface area contributed by atoms with Gasteiger partial charge in [0, 0.05) is 10.9 Å². The van der Waals surface area contributed by atoms with Crippen molar-refractivity contribution in [2.24, 2.45) is 0 Å². The monoisotopic (exact) mass is 412 g/mol. The van der Waals surface area contributed by atoms with Crippen molar-refractivity contribution in [3.05, 3.63) is 84.4 Å². The summed E-state index contributed by atoms with van der Waals surface area (Å²) in [5.74, 6) is 0.482. The van der Waals surface area contributed by atoms with E-state index in [2.05, 4.69) is 9.88 Å². The fourth-order valence-electron chi connectivity index (χ4n) is 4.54. The van der Waals surface area contributed by atoms with Gasteiger partial charge in [-0.05, 0) is 23.8 Å². The summed E-state index contributed by atoms with van der Waals surface area (Å²) >= 11 is 0. The van der Waals surface area contributed by atoms with Gasteiger partial charge in [-0.1, -0.05) is 60.7 Å². The number of aromatic hydroxyl groups is 1. The lowest BCUT2D eigenvalue weighted by Crippen LogP contribution is -3.15. The van der Waals surface area contributed by atoms with E-state index in [-0.39, 0.29) is 5.78 Å². The minimum Gasteiger partial charge on any atom is -0.506 e. The minimum absolute atomic E-state index is 0.169. The largest absolute Gasteiger partial charge is 0.506 e. The van der Waals surface area contributed by atoms with E-state index < -0.39 is 0 Å².